The van der Waals surface area contributed by atoms with Crippen molar-refractivity contribution in [3.63, 3.8) is 0 Å². The van der Waals surface area contributed by atoms with Crippen molar-refractivity contribution in [2.75, 3.05) is 5.32 Å². The smallest absolute Gasteiger partial charge is 0.224 e. The predicted octanol–water partition coefficient (Wildman–Crippen LogP) is 3.48. The van der Waals surface area contributed by atoms with E-state index in [4.69, 9.17) is 10.2 Å². The van der Waals surface area contributed by atoms with Crippen molar-refractivity contribution in [2.24, 2.45) is 5.73 Å². The van der Waals surface area contributed by atoms with Crippen molar-refractivity contribution in [1.82, 2.24) is 4.98 Å². The number of nitrogens with two attached hydrogens (primary N) is 1. The van der Waals surface area contributed by atoms with Gasteiger partial charge in [0.2, 0.25) is 5.91 Å². The number of amides is 1. The van der Waals surface area contributed by atoms with E-state index in [2.05, 4.69) is 10.3 Å². The summed E-state index contributed by atoms with van der Waals surface area (Å²) in [5.41, 5.74) is 8.98. The highest BCUT2D eigenvalue weighted by Crippen LogP contribution is 2.22. The van der Waals surface area contributed by atoms with Crippen molar-refractivity contribution in [3.05, 3.63) is 60.0 Å². The number of carbonyl (C=O) groups is 1. The lowest BCUT2D eigenvalue weighted by Crippen LogP contribution is -2.19. The molecule has 3 aromatic rings. The number of aromatic nitrogens is 1. The normalized spacial score (nSPS) is 12.2. The molecule has 5 nitrogen and oxygen atoms in total. The molecule has 24 heavy (non-hydrogen) atoms. The van der Waals surface area contributed by atoms with E-state index < -0.39 is 0 Å². The number of nitrogens with one attached hydrogen (secondary N) is 1. The SMILES string of the molecule is CC(N)CCC(=O)Nc1ccc2nc(Cc3ccccc3)oc2c1. The van der Waals surface area contributed by atoms with Crippen molar-refractivity contribution >= 4 is 22.7 Å². The molecular weight excluding hydrogens is 302 g/mol. The number of hydrogen-bond donors (Lipinski definition) is 2. The van der Waals surface area contributed by atoms with E-state index in [1.54, 1.807) is 6.07 Å². The summed E-state index contributed by atoms with van der Waals surface area (Å²) in [6, 6.07) is 15.6. The molecule has 1 amide bonds. The van der Waals surface area contributed by atoms with Crippen LogP contribution in [0.5, 0.6) is 0 Å². The molecule has 3 rings (SSSR count). The number of oxazole rings is 1. The average Bonchev–Trinajstić information content (AvgIpc) is 2.95. The minimum absolute atomic E-state index is 0.0213. The van der Waals surface area contributed by atoms with Gasteiger partial charge in [-0.3, -0.25) is 4.79 Å². The topological polar surface area (TPSA) is 81.2 Å². The molecule has 0 saturated heterocycles. The maximum atomic E-state index is 11.9. The summed E-state index contributed by atoms with van der Waals surface area (Å²) < 4.78 is 5.81. The molecule has 2 aromatic carbocycles. The van der Waals surface area contributed by atoms with Gasteiger partial charge in [0.05, 0.1) is 0 Å². The number of nitrogens with zero attached hydrogens (tertiary/aromatic N) is 1. The van der Waals surface area contributed by atoms with Gasteiger partial charge in [-0.05, 0) is 31.0 Å². The van der Waals surface area contributed by atoms with E-state index in [0.717, 1.165) is 11.1 Å². The van der Waals surface area contributed by atoms with Crippen molar-refractivity contribution in [3.8, 4) is 0 Å². The Labute approximate surface area is 140 Å². The monoisotopic (exact) mass is 323 g/mol. The number of fused-ring (bicyclic) bond motifs is 1. The van der Waals surface area contributed by atoms with Gasteiger partial charge in [0.1, 0.15) is 5.52 Å². The highest BCUT2D eigenvalue weighted by atomic mass is 16.3. The number of rotatable bonds is 6. The lowest BCUT2D eigenvalue weighted by molar-refractivity contribution is -0.116. The van der Waals surface area contributed by atoms with Crippen molar-refractivity contribution in [2.45, 2.75) is 32.2 Å². The first-order chi connectivity index (χ1) is 11.6. The number of carbonyl (C=O) groups excluding carboxylic acids is 1. The molecule has 1 heterocycles. The largest absolute Gasteiger partial charge is 0.440 e. The van der Waals surface area contributed by atoms with E-state index in [1.807, 2.05) is 49.4 Å². The Bertz CT molecular complexity index is 825. The van der Waals surface area contributed by atoms with Gasteiger partial charge in [-0.2, -0.15) is 0 Å². The van der Waals surface area contributed by atoms with Crippen LogP contribution in [0.4, 0.5) is 5.69 Å². The third-order valence-corrected chi connectivity index (χ3v) is 3.74. The second kappa shape index (κ2) is 7.27. The zero-order valence-corrected chi connectivity index (χ0v) is 13.7. The molecule has 0 bridgehead atoms. The van der Waals surface area contributed by atoms with Gasteiger partial charge in [-0.15, -0.1) is 0 Å². The first-order valence-electron chi connectivity index (χ1n) is 8.09. The van der Waals surface area contributed by atoms with Crippen LogP contribution in [-0.4, -0.2) is 16.9 Å². The molecule has 1 aromatic heterocycles. The Morgan fingerprint density at radius 2 is 2.04 bits per heavy atom. The molecule has 0 fully saturated rings. The fourth-order valence-electron chi connectivity index (χ4n) is 2.48. The van der Waals surface area contributed by atoms with Gasteiger partial charge >= 0.3 is 0 Å². The van der Waals surface area contributed by atoms with Crippen LogP contribution in [0.25, 0.3) is 11.1 Å². The van der Waals surface area contributed by atoms with E-state index in [9.17, 15) is 4.79 Å². The fraction of sp³-hybridized carbons (Fsp3) is 0.263. The predicted molar refractivity (Wildman–Crippen MR) is 94.8 cm³/mol. The van der Waals surface area contributed by atoms with Crippen LogP contribution in [0.1, 0.15) is 31.2 Å². The van der Waals surface area contributed by atoms with E-state index in [0.29, 0.717) is 36.4 Å². The summed E-state index contributed by atoms with van der Waals surface area (Å²) in [5, 5.41) is 2.87. The van der Waals surface area contributed by atoms with Crippen LogP contribution in [0.2, 0.25) is 0 Å². The van der Waals surface area contributed by atoms with Gasteiger partial charge < -0.3 is 15.5 Å². The number of anilines is 1. The van der Waals surface area contributed by atoms with Crippen molar-refractivity contribution in [1.29, 1.82) is 0 Å². The molecule has 124 valence electrons. The Balaban J connectivity index is 1.70. The lowest BCUT2D eigenvalue weighted by atomic mass is 10.1. The Morgan fingerprint density at radius 3 is 2.79 bits per heavy atom. The summed E-state index contributed by atoms with van der Waals surface area (Å²) in [6.45, 7) is 1.89. The molecule has 0 aliphatic rings. The summed E-state index contributed by atoms with van der Waals surface area (Å²) in [5.74, 6) is 0.618. The second-order valence-electron chi connectivity index (χ2n) is 6.02. The van der Waals surface area contributed by atoms with Crippen LogP contribution in [0.3, 0.4) is 0 Å². The molecule has 0 saturated carbocycles. The Kier molecular flexibility index (Phi) is 4.91. The fourth-order valence-corrected chi connectivity index (χ4v) is 2.48. The molecule has 0 aliphatic carbocycles. The number of hydrogen-bond acceptors (Lipinski definition) is 4. The zero-order chi connectivity index (χ0) is 16.9. The van der Waals surface area contributed by atoms with Gasteiger partial charge in [-0.25, -0.2) is 4.98 Å². The lowest BCUT2D eigenvalue weighted by Gasteiger charge is -2.06. The van der Waals surface area contributed by atoms with Gasteiger partial charge in [-0.1, -0.05) is 30.3 Å². The van der Waals surface area contributed by atoms with Crippen LogP contribution in [0, 0.1) is 0 Å². The summed E-state index contributed by atoms with van der Waals surface area (Å²) in [6.07, 6.45) is 1.72. The van der Waals surface area contributed by atoms with Crippen LogP contribution in [0.15, 0.2) is 52.9 Å². The van der Waals surface area contributed by atoms with E-state index >= 15 is 0 Å². The maximum Gasteiger partial charge on any atom is 0.224 e. The zero-order valence-electron chi connectivity index (χ0n) is 13.7. The highest BCUT2D eigenvalue weighted by molar-refractivity contribution is 5.92. The van der Waals surface area contributed by atoms with Crippen LogP contribution >= 0.6 is 0 Å². The Hall–Kier alpha value is -2.66. The summed E-state index contributed by atoms with van der Waals surface area (Å²) in [7, 11) is 0. The van der Waals surface area contributed by atoms with Crippen molar-refractivity contribution < 1.29 is 9.21 Å². The van der Waals surface area contributed by atoms with Gasteiger partial charge in [0, 0.05) is 30.6 Å². The quantitative estimate of drug-likeness (QED) is 0.727. The molecule has 0 aliphatic heterocycles. The summed E-state index contributed by atoms with van der Waals surface area (Å²) in [4.78, 5) is 16.4. The number of benzene rings is 2. The Morgan fingerprint density at radius 1 is 1.25 bits per heavy atom. The van der Waals surface area contributed by atoms with E-state index in [1.165, 1.54) is 0 Å². The van der Waals surface area contributed by atoms with Gasteiger partial charge in [0.15, 0.2) is 11.5 Å². The third-order valence-electron chi connectivity index (χ3n) is 3.74. The molecule has 1 unspecified atom stereocenters. The van der Waals surface area contributed by atoms with E-state index in [-0.39, 0.29) is 11.9 Å². The maximum absolute atomic E-state index is 11.9. The first kappa shape index (κ1) is 16.2. The highest BCUT2D eigenvalue weighted by Gasteiger charge is 2.09. The van der Waals surface area contributed by atoms with Crippen LogP contribution in [-0.2, 0) is 11.2 Å². The molecular formula is C19H21N3O2. The molecule has 1 atom stereocenters. The minimum atomic E-state index is -0.0457. The standard InChI is InChI=1S/C19H21N3O2/c1-13(20)7-10-18(23)21-15-8-9-16-17(12-15)24-19(22-16)11-14-5-3-2-4-6-14/h2-6,8-9,12-13H,7,10-11,20H2,1H3,(H,21,23). The first-order valence-corrected chi connectivity index (χ1v) is 8.09. The molecule has 5 heteroatoms. The third kappa shape index (κ3) is 4.20. The molecule has 3 N–H and O–H groups in total. The van der Waals surface area contributed by atoms with Gasteiger partial charge in [0.25, 0.3) is 0 Å². The molecule has 0 spiro atoms. The second-order valence-corrected chi connectivity index (χ2v) is 6.02. The summed E-state index contributed by atoms with van der Waals surface area (Å²) >= 11 is 0. The minimum Gasteiger partial charge on any atom is -0.440 e. The molecule has 0 radical (unpaired) electrons. The average molecular weight is 323 g/mol. The van der Waals surface area contributed by atoms with Crippen LogP contribution < -0.4 is 11.1 Å².